The van der Waals surface area contributed by atoms with Crippen molar-refractivity contribution < 1.29 is 27.1 Å². The topological polar surface area (TPSA) is 39.4 Å². The normalized spacial score (nSPS) is 11.5. The van der Waals surface area contributed by atoms with Crippen LogP contribution in [0.1, 0.15) is 22.8 Å². The smallest absolute Gasteiger partial charge is 0.455 e. The molecule has 0 radical (unpaired) electrons. The molecule has 0 fully saturated rings. The average Bonchev–Trinajstić information content (AvgIpc) is 2.82. The molecule has 1 heterocycles. The predicted molar refractivity (Wildman–Crippen MR) is 70.4 cm³/mol. The number of furan rings is 1. The molecule has 6 heteroatoms. The lowest BCUT2D eigenvalue weighted by atomic mass is 10.1. The molecule has 0 spiro atoms. The largest absolute Gasteiger partial charge is 0.465 e. The van der Waals surface area contributed by atoms with E-state index in [1.165, 1.54) is 0 Å². The number of rotatable bonds is 4. The van der Waals surface area contributed by atoms with Crippen molar-refractivity contribution >= 4 is 5.78 Å². The fourth-order valence-corrected chi connectivity index (χ4v) is 1.78. The van der Waals surface area contributed by atoms with Crippen molar-refractivity contribution in [2.45, 2.75) is 20.0 Å². The van der Waals surface area contributed by atoms with Gasteiger partial charge in [0.05, 0.1) is 6.61 Å². The van der Waals surface area contributed by atoms with E-state index in [-0.39, 0.29) is 12.4 Å². The fourth-order valence-electron chi connectivity index (χ4n) is 1.78. The number of alkyl halides is 3. The summed E-state index contributed by atoms with van der Waals surface area (Å²) in [5.74, 6) is -2.23. The number of aryl methyl sites for hydroxylation is 1. The molecule has 0 atom stereocenters. The SMILES string of the molecule is CCOc1oc(-c2ccc(C)cc2)cc1C(=O)C(F)(F)F. The van der Waals surface area contributed by atoms with Gasteiger partial charge in [-0.05, 0) is 19.9 Å². The van der Waals surface area contributed by atoms with Crippen molar-refractivity contribution in [1.29, 1.82) is 0 Å². The number of hydrogen-bond donors (Lipinski definition) is 0. The van der Waals surface area contributed by atoms with Gasteiger partial charge in [0.25, 0.3) is 11.7 Å². The zero-order valence-corrected chi connectivity index (χ0v) is 11.5. The van der Waals surface area contributed by atoms with E-state index in [1.54, 1.807) is 31.2 Å². The molecule has 3 nitrogen and oxygen atoms in total. The van der Waals surface area contributed by atoms with Gasteiger partial charge in [0, 0.05) is 5.56 Å². The summed E-state index contributed by atoms with van der Waals surface area (Å²) in [7, 11) is 0. The number of carbonyl (C=O) groups is 1. The van der Waals surface area contributed by atoms with Gasteiger partial charge in [-0.3, -0.25) is 4.79 Å². The molecule has 112 valence electrons. The monoisotopic (exact) mass is 298 g/mol. The second kappa shape index (κ2) is 5.63. The highest BCUT2D eigenvalue weighted by Crippen LogP contribution is 2.35. The van der Waals surface area contributed by atoms with Gasteiger partial charge < -0.3 is 9.15 Å². The van der Waals surface area contributed by atoms with Crippen LogP contribution >= 0.6 is 0 Å². The third-order valence-electron chi connectivity index (χ3n) is 2.81. The maximum Gasteiger partial charge on any atom is 0.455 e. The summed E-state index contributed by atoms with van der Waals surface area (Å²) in [6, 6.07) is 8.05. The number of ketones is 1. The van der Waals surface area contributed by atoms with Crippen molar-refractivity contribution in [2.24, 2.45) is 0 Å². The molecule has 2 aromatic rings. The summed E-state index contributed by atoms with van der Waals surface area (Å²) in [6.07, 6.45) is -4.97. The Hall–Kier alpha value is -2.24. The van der Waals surface area contributed by atoms with Crippen LogP contribution in [-0.2, 0) is 0 Å². The maximum atomic E-state index is 12.6. The minimum atomic E-state index is -4.97. The number of carbonyl (C=O) groups excluding carboxylic acids is 1. The van der Waals surface area contributed by atoms with Crippen molar-refractivity contribution in [3.63, 3.8) is 0 Å². The molecule has 1 aromatic carbocycles. The minimum Gasteiger partial charge on any atom is -0.465 e. The molecule has 0 aliphatic heterocycles. The Morgan fingerprint density at radius 2 is 1.86 bits per heavy atom. The van der Waals surface area contributed by atoms with E-state index in [0.717, 1.165) is 11.6 Å². The first-order valence-corrected chi connectivity index (χ1v) is 6.28. The van der Waals surface area contributed by atoms with Crippen molar-refractivity contribution in [2.75, 3.05) is 6.61 Å². The van der Waals surface area contributed by atoms with E-state index in [0.29, 0.717) is 5.56 Å². The molecule has 0 unspecified atom stereocenters. The van der Waals surface area contributed by atoms with E-state index < -0.39 is 23.5 Å². The lowest BCUT2D eigenvalue weighted by Gasteiger charge is -2.04. The molecule has 0 bridgehead atoms. The van der Waals surface area contributed by atoms with Crippen LogP contribution < -0.4 is 4.74 Å². The van der Waals surface area contributed by atoms with Gasteiger partial charge in [-0.15, -0.1) is 0 Å². The first-order chi connectivity index (χ1) is 9.82. The third kappa shape index (κ3) is 3.26. The van der Waals surface area contributed by atoms with Crippen molar-refractivity contribution in [3.05, 3.63) is 41.5 Å². The number of ether oxygens (including phenoxy) is 1. The zero-order valence-electron chi connectivity index (χ0n) is 11.5. The number of hydrogen-bond acceptors (Lipinski definition) is 3. The molecule has 0 aliphatic carbocycles. The highest BCUT2D eigenvalue weighted by molar-refractivity contribution is 6.02. The molecule has 0 N–H and O–H groups in total. The molecule has 1 aromatic heterocycles. The van der Waals surface area contributed by atoms with Crippen LogP contribution in [0.4, 0.5) is 13.2 Å². The maximum absolute atomic E-state index is 12.6. The number of benzene rings is 1. The first-order valence-electron chi connectivity index (χ1n) is 6.28. The Kier molecular flexibility index (Phi) is 4.06. The molecule has 0 aliphatic rings. The summed E-state index contributed by atoms with van der Waals surface area (Å²) in [6.45, 7) is 3.57. The van der Waals surface area contributed by atoms with Gasteiger partial charge in [0.15, 0.2) is 0 Å². The molecular formula is C15H13F3O3. The second-order valence-corrected chi connectivity index (χ2v) is 4.44. The number of Topliss-reactive ketones (excluding diaryl/α,β-unsaturated/α-hetero) is 1. The molecule has 0 amide bonds. The van der Waals surface area contributed by atoms with E-state index in [1.807, 2.05) is 6.92 Å². The van der Waals surface area contributed by atoms with Crippen molar-refractivity contribution in [3.8, 4) is 17.3 Å². The summed E-state index contributed by atoms with van der Waals surface area (Å²) < 4.78 is 48.0. The highest BCUT2D eigenvalue weighted by atomic mass is 19.4. The van der Waals surface area contributed by atoms with E-state index in [2.05, 4.69) is 0 Å². The van der Waals surface area contributed by atoms with Gasteiger partial charge in [-0.1, -0.05) is 29.8 Å². The Morgan fingerprint density at radius 1 is 1.24 bits per heavy atom. The highest BCUT2D eigenvalue weighted by Gasteiger charge is 2.42. The van der Waals surface area contributed by atoms with E-state index in [4.69, 9.17) is 9.15 Å². The Balaban J connectivity index is 2.46. The molecule has 2 rings (SSSR count). The van der Waals surface area contributed by atoms with Crippen LogP contribution in [0.5, 0.6) is 5.95 Å². The van der Waals surface area contributed by atoms with Gasteiger partial charge in [-0.25, -0.2) is 0 Å². The van der Waals surface area contributed by atoms with Crippen LogP contribution in [0, 0.1) is 6.92 Å². The lowest BCUT2D eigenvalue weighted by molar-refractivity contribution is -0.0887. The Labute approximate surface area is 119 Å². The Bertz CT molecular complexity index is 639. The standard InChI is InChI=1S/C15H13F3O3/c1-3-20-14-11(13(19)15(16,17)18)8-12(21-14)10-6-4-9(2)5-7-10/h4-8H,3H2,1-2H3. The summed E-state index contributed by atoms with van der Waals surface area (Å²) in [5, 5.41) is 0. The zero-order chi connectivity index (χ0) is 15.6. The predicted octanol–water partition coefficient (Wildman–Crippen LogP) is 4.40. The third-order valence-corrected chi connectivity index (χ3v) is 2.81. The van der Waals surface area contributed by atoms with Gasteiger partial charge in [0.2, 0.25) is 0 Å². The van der Waals surface area contributed by atoms with Crippen LogP contribution in [0.15, 0.2) is 34.7 Å². The Morgan fingerprint density at radius 3 is 2.38 bits per heavy atom. The molecule has 0 saturated carbocycles. The molecule has 21 heavy (non-hydrogen) atoms. The first kappa shape index (κ1) is 15.2. The lowest BCUT2D eigenvalue weighted by Crippen LogP contribution is -2.22. The van der Waals surface area contributed by atoms with Gasteiger partial charge >= 0.3 is 6.18 Å². The second-order valence-electron chi connectivity index (χ2n) is 4.44. The number of halogens is 3. The summed E-state index contributed by atoms with van der Waals surface area (Å²) >= 11 is 0. The average molecular weight is 298 g/mol. The quantitative estimate of drug-likeness (QED) is 0.785. The minimum absolute atomic E-state index is 0.0962. The van der Waals surface area contributed by atoms with Crippen molar-refractivity contribution in [1.82, 2.24) is 0 Å². The van der Waals surface area contributed by atoms with Crippen LogP contribution in [-0.4, -0.2) is 18.6 Å². The van der Waals surface area contributed by atoms with Crippen LogP contribution in [0.2, 0.25) is 0 Å². The van der Waals surface area contributed by atoms with Crippen LogP contribution in [0.3, 0.4) is 0 Å². The van der Waals surface area contributed by atoms with Gasteiger partial charge in [-0.2, -0.15) is 13.2 Å². The van der Waals surface area contributed by atoms with E-state index >= 15 is 0 Å². The molecule has 0 saturated heterocycles. The van der Waals surface area contributed by atoms with Gasteiger partial charge in [0.1, 0.15) is 11.3 Å². The summed E-state index contributed by atoms with van der Waals surface area (Å²) in [4.78, 5) is 11.4. The summed E-state index contributed by atoms with van der Waals surface area (Å²) in [5.41, 5.74) is 0.963. The fraction of sp³-hybridized carbons (Fsp3) is 0.267. The van der Waals surface area contributed by atoms with E-state index in [9.17, 15) is 18.0 Å². The molecular weight excluding hydrogens is 285 g/mol. The van der Waals surface area contributed by atoms with Crippen LogP contribution in [0.25, 0.3) is 11.3 Å².